The number of piperidine rings is 1. The van der Waals surface area contributed by atoms with Gasteiger partial charge in [-0.3, -0.25) is 4.72 Å². The maximum Gasteiger partial charge on any atom is 0.301 e. The van der Waals surface area contributed by atoms with Gasteiger partial charge < -0.3 is 10.1 Å². The van der Waals surface area contributed by atoms with Crippen molar-refractivity contribution in [1.82, 2.24) is 9.62 Å². The maximum absolute atomic E-state index is 12.5. The van der Waals surface area contributed by atoms with Gasteiger partial charge in [-0.05, 0) is 44.5 Å². The van der Waals surface area contributed by atoms with Gasteiger partial charge in [0.1, 0.15) is 5.75 Å². The number of ether oxygens (including phenoxy) is 1. The average Bonchev–Trinajstić information content (AvgIpc) is 2.48. The number of nitrogens with zero attached hydrogens (tertiary/aromatic N) is 1. The van der Waals surface area contributed by atoms with Crippen molar-refractivity contribution < 1.29 is 13.2 Å². The third kappa shape index (κ3) is 4.33. The van der Waals surface area contributed by atoms with Crippen molar-refractivity contribution in [2.24, 2.45) is 5.92 Å². The van der Waals surface area contributed by atoms with Crippen LogP contribution in [0, 0.1) is 5.92 Å². The van der Waals surface area contributed by atoms with E-state index in [-0.39, 0.29) is 0 Å². The first-order chi connectivity index (χ1) is 10.0. The monoisotopic (exact) mass is 313 g/mol. The van der Waals surface area contributed by atoms with E-state index >= 15 is 0 Å². The fourth-order valence-corrected chi connectivity index (χ4v) is 3.93. The van der Waals surface area contributed by atoms with Crippen LogP contribution in [-0.4, -0.2) is 46.5 Å². The van der Waals surface area contributed by atoms with Crippen LogP contribution in [0.1, 0.15) is 12.8 Å². The number of anilines is 1. The van der Waals surface area contributed by atoms with Crippen molar-refractivity contribution >= 4 is 15.9 Å². The highest BCUT2D eigenvalue weighted by Gasteiger charge is 2.28. The van der Waals surface area contributed by atoms with Crippen molar-refractivity contribution in [2.45, 2.75) is 12.8 Å². The van der Waals surface area contributed by atoms with Gasteiger partial charge in [0.2, 0.25) is 0 Å². The van der Waals surface area contributed by atoms with Crippen molar-refractivity contribution in [3.63, 3.8) is 0 Å². The third-order valence-electron chi connectivity index (χ3n) is 3.63. The second-order valence-electron chi connectivity index (χ2n) is 5.26. The van der Waals surface area contributed by atoms with Gasteiger partial charge in [-0.15, -0.1) is 0 Å². The molecule has 0 spiro atoms. The molecule has 0 aliphatic carbocycles. The molecule has 2 N–H and O–H groups in total. The highest BCUT2D eigenvalue weighted by atomic mass is 32.2. The maximum atomic E-state index is 12.5. The van der Waals surface area contributed by atoms with E-state index in [1.54, 1.807) is 31.4 Å². The summed E-state index contributed by atoms with van der Waals surface area (Å²) < 4.78 is 34.2. The highest BCUT2D eigenvalue weighted by molar-refractivity contribution is 7.90. The summed E-state index contributed by atoms with van der Waals surface area (Å²) in [5.74, 6) is 0.993. The third-order valence-corrected chi connectivity index (χ3v) is 5.14. The standard InChI is InChI=1S/C14H23N3O3S/c1-15-10-12-5-4-8-17(11-12)21(18,19)16-13-6-3-7-14(9-13)20-2/h3,6-7,9,12,15-16H,4-5,8,10-11H2,1-2H3. The Hall–Kier alpha value is -1.31. The summed E-state index contributed by atoms with van der Waals surface area (Å²) >= 11 is 0. The van der Waals surface area contributed by atoms with Gasteiger partial charge >= 0.3 is 10.2 Å². The van der Waals surface area contributed by atoms with Gasteiger partial charge in [-0.1, -0.05) is 6.07 Å². The Labute approximate surface area is 126 Å². The summed E-state index contributed by atoms with van der Waals surface area (Å²) in [6.45, 7) is 1.96. The van der Waals surface area contributed by atoms with E-state index in [4.69, 9.17) is 4.74 Å². The van der Waals surface area contributed by atoms with Crippen molar-refractivity contribution in [2.75, 3.05) is 38.5 Å². The predicted octanol–water partition coefficient (Wildman–Crippen LogP) is 1.28. The zero-order valence-electron chi connectivity index (χ0n) is 12.5. The van der Waals surface area contributed by atoms with E-state index in [2.05, 4.69) is 10.0 Å². The lowest BCUT2D eigenvalue weighted by Gasteiger charge is -2.31. The highest BCUT2D eigenvalue weighted by Crippen LogP contribution is 2.22. The van der Waals surface area contributed by atoms with Gasteiger partial charge in [0.25, 0.3) is 0 Å². The molecule has 0 aromatic heterocycles. The molecule has 1 unspecified atom stereocenters. The van der Waals surface area contributed by atoms with Crippen molar-refractivity contribution in [3.8, 4) is 5.75 Å². The van der Waals surface area contributed by atoms with E-state index in [0.717, 1.165) is 19.4 Å². The Balaban J connectivity index is 2.06. The van der Waals surface area contributed by atoms with Crippen LogP contribution in [-0.2, 0) is 10.2 Å². The summed E-state index contributed by atoms with van der Waals surface area (Å²) in [7, 11) is -0.0656. The first-order valence-corrected chi connectivity index (χ1v) is 8.55. The molecule has 1 fully saturated rings. The zero-order valence-corrected chi connectivity index (χ0v) is 13.3. The lowest BCUT2D eigenvalue weighted by Crippen LogP contribution is -2.44. The second kappa shape index (κ2) is 7.11. The van der Waals surface area contributed by atoms with E-state index in [1.807, 2.05) is 7.05 Å². The van der Waals surface area contributed by atoms with Crippen LogP contribution in [0.25, 0.3) is 0 Å². The van der Waals surface area contributed by atoms with Crippen molar-refractivity contribution in [1.29, 1.82) is 0 Å². The summed E-state index contributed by atoms with van der Waals surface area (Å²) in [5.41, 5.74) is 0.519. The predicted molar refractivity (Wildman–Crippen MR) is 83.8 cm³/mol. The quantitative estimate of drug-likeness (QED) is 0.830. The van der Waals surface area contributed by atoms with Crippen molar-refractivity contribution in [3.05, 3.63) is 24.3 Å². The number of hydrogen-bond acceptors (Lipinski definition) is 4. The summed E-state index contributed by atoms with van der Waals surface area (Å²) in [6, 6.07) is 6.93. The van der Waals surface area contributed by atoms with Gasteiger partial charge in [0, 0.05) is 19.2 Å². The Bertz CT molecular complexity index is 560. The minimum Gasteiger partial charge on any atom is -0.497 e. The van der Waals surface area contributed by atoms with Crippen LogP contribution in [0.3, 0.4) is 0 Å². The van der Waals surface area contributed by atoms with E-state index in [0.29, 0.717) is 30.4 Å². The van der Waals surface area contributed by atoms with Crippen LogP contribution in [0.15, 0.2) is 24.3 Å². The van der Waals surface area contributed by atoms with Crippen LogP contribution >= 0.6 is 0 Å². The Morgan fingerprint density at radius 3 is 2.95 bits per heavy atom. The SMILES string of the molecule is CNCC1CCCN(S(=O)(=O)Nc2cccc(OC)c2)C1. The topological polar surface area (TPSA) is 70.7 Å². The van der Waals surface area contributed by atoms with E-state index in [9.17, 15) is 8.42 Å². The van der Waals surface area contributed by atoms with Gasteiger partial charge in [0.05, 0.1) is 12.8 Å². The number of hydrogen-bond donors (Lipinski definition) is 2. The minimum absolute atomic E-state index is 0.366. The molecule has 0 amide bonds. The van der Waals surface area contributed by atoms with Crippen LogP contribution in [0.4, 0.5) is 5.69 Å². The Kier molecular flexibility index (Phi) is 5.44. The zero-order chi connectivity index (χ0) is 15.3. The molecule has 118 valence electrons. The molecule has 1 aromatic rings. The summed E-state index contributed by atoms with van der Waals surface area (Å²) in [4.78, 5) is 0. The molecular weight excluding hydrogens is 290 g/mol. The molecule has 6 nitrogen and oxygen atoms in total. The van der Waals surface area contributed by atoms with Gasteiger partial charge in [0.15, 0.2) is 0 Å². The average molecular weight is 313 g/mol. The molecule has 0 saturated carbocycles. The molecule has 1 saturated heterocycles. The molecule has 21 heavy (non-hydrogen) atoms. The molecule has 2 rings (SSSR count). The van der Waals surface area contributed by atoms with Crippen LogP contribution in [0.2, 0.25) is 0 Å². The number of benzene rings is 1. The number of methoxy groups -OCH3 is 1. The second-order valence-corrected chi connectivity index (χ2v) is 6.93. The Morgan fingerprint density at radius 2 is 2.24 bits per heavy atom. The lowest BCUT2D eigenvalue weighted by atomic mass is 10.00. The molecular formula is C14H23N3O3S. The molecule has 0 radical (unpaired) electrons. The van der Waals surface area contributed by atoms with E-state index in [1.165, 1.54) is 4.31 Å². The molecule has 0 bridgehead atoms. The minimum atomic E-state index is -3.51. The molecule has 7 heteroatoms. The van der Waals surface area contributed by atoms with E-state index < -0.39 is 10.2 Å². The smallest absolute Gasteiger partial charge is 0.301 e. The molecule has 1 heterocycles. The number of rotatable bonds is 6. The molecule has 1 aliphatic rings. The normalized spacial score (nSPS) is 20.2. The molecule has 1 atom stereocenters. The first kappa shape index (κ1) is 16.1. The number of nitrogens with one attached hydrogen (secondary N) is 2. The molecule has 1 aromatic carbocycles. The van der Waals surface area contributed by atoms with Crippen LogP contribution < -0.4 is 14.8 Å². The van der Waals surface area contributed by atoms with Gasteiger partial charge in [-0.2, -0.15) is 12.7 Å². The van der Waals surface area contributed by atoms with Gasteiger partial charge in [-0.25, -0.2) is 0 Å². The largest absolute Gasteiger partial charge is 0.497 e. The fourth-order valence-electron chi connectivity index (χ4n) is 2.60. The fraction of sp³-hybridized carbons (Fsp3) is 0.571. The van der Waals surface area contributed by atoms with Crippen LogP contribution in [0.5, 0.6) is 5.75 Å². The first-order valence-electron chi connectivity index (χ1n) is 7.11. The lowest BCUT2D eigenvalue weighted by molar-refractivity contribution is 0.264. The summed E-state index contributed by atoms with van der Waals surface area (Å²) in [5, 5.41) is 3.12. The summed E-state index contributed by atoms with van der Waals surface area (Å²) in [6.07, 6.45) is 1.96. The molecule has 1 aliphatic heterocycles. The Morgan fingerprint density at radius 1 is 1.43 bits per heavy atom.